The van der Waals surface area contributed by atoms with Gasteiger partial charge in [-0.15, -0.1) is 0 Å². The lowest BCUT2D eigenvalue weighted by Crippen LogP contribution is -2.56. The first-order chi connectivity index (χ1) is 14.4. The molecule has 0 N–H and O–H groups in total. The molecule has 0 radical (unpaired) electrons. The maximum Gasteiger partial charge on any atom is 0.325 e. The molecule has 7 nitrogen and oxygen atoms in total. The highest BCUT2D eigenvalue weighted by molar-refractivity contribution is 6.24. The summed E-state index contributed by atoms with van der Waals surface area (Å²) in [5, 5.41) is 0. The smallest absolute Gasteiger partial charge is 0.325 e. The van der Waals surface area contributed by atoms with E-state index in [0.717, 1.165) is 16.8 Å². The molecule has 30 heavy (non-hydrogen) atoms. The first-order valence-corrected chi connectivity index (χ1v) is 9.65. The Bertz CT molecular complexity index is 973. The van der Waals surface area contributed by atoms with Crippen LogP contribution in [0.25, 0.3) is 0 Å². The van der Waals surface area contributed by atoms with E-state index >= 15 is 0 Å². The third-order valence-corrected chi connectivity index (χ3v) is 5.41. The number of fused-ring (bicyclic) bond motifs is 1. The van der Waals surface area contributed by atoms with Crippen molar-refractivity contribution >= 4 is 30.1 Å². The molecule has 1 aliphatic rings. The van der Waals surface area contributed by atoms with Crippen LogP contribution in [0.3, 0.4) is 0 Å². The second-order valence-electron chi connectivity index (χ2n) is 7.06. The minimum Gasteiger partial charge on any atom is -0.497 e. The van der Waals surface area contributed by atoms with E-state index in [1.54, 1.807) is 20.2 Å². The minimum atomic E-state index is -0.812. The fraction of sp³-hybridized carbons (Fsp3) is 0.304. The SMILES string of the molecule is CCOC(=O)CN(C(=O)C=O)C1C=Nc2ccc(OC)cc2C1(C)c1ccccc1. The number of nitrogens with zero attached hydrogens (tertiary/aromatic N) is 2. The molecule has 1 aliphatic heterocycles. The third-order valence-electron chi connectivity index (χ3n) is 5.41. The summed E-state index contributed by atoms with van der Waals surface area (Å²) in [4.78, 5) is 41.9. The van der Waals surface area contributed by atoms with Crippen molar-refractivity contribution in [3.05, 3.63) is 59.7 Å². The lowest BCUT2D eigenvalue weighted by molar-refractivity contribution is -0.151. The number of carbonyl (C=O) groups excluding carboxylic acids is 3. The zero-order valence-electron chi connectivity index (χ0n) is 17.2. The molecule has 0 aromatic heterocycles. The van der Waals surface area contributed by atoms with Crippen LogP contribution in [0.5, 0.6) is 5.75 Å². The largest absolute Gasteiger partial charge is 0.497 e. The average Bonchev–Trinajstić information content (AvgIpc) is 2.78. The summed E-state index contributed by atoms with van der Waals surface area (Å²) in [5.74, 6) is -0.758. The lowest BCUT2D eigenvalue weighted by atomic mass is 9.68. The number of rotatable bonds is 7. The van der Waals surface area contributed by atoms with Gasteiger partial charge in [0.2, 0.25) is 6.29 Å². The first-order valence-electron chi connectivity index (χ1n) is 9.65. The van der Waals surface area contributed by atoms with E-state index < -0.39 is 23.3 Å². The Kier molecular flexibility index (Phi) is 6.30. The Hall–Kier alpha value is -3.48. The van der Waals surface area contributed by atoms with Crippen molar-refractivity contribution in [1.29, 1.82) is 0 Å². The Labute approximate surface area is 175 Å². The standard InChI is InChI=1S/C23H24N2O5/c1-4-30-22(28)14-25(21(27)15-26)20-13-24-19-11-10-17(29-3)12-18(19)23(20,2)16-8-6-5-7-9-16/h5-13,15,20H,4,14H2,1-3H3. The molecule has 2 aromatic rings. The molecule has 0 saturated heterocycles. The van der Waals surface area contributed by atoms with Gasteiger partial charge in [0, 0.05) is 11.6 Å². The minimum absolute atomic E-state index is 0.177. The number of hydrogen-bond acceptors (Lipinski definition) is 6. The summed E-state index contributed by atoms with van der Waals surface area (Å²) in [6, 6.07) is 14.4. The van der Waals surface area contributed by atoms with Crippen molar-refractivity contribution < 1.29 is 23.9 Å². The zero-order chi connectivity index (χ0) is 21.7. The van der Waals surface area contributed by atoms with Crippen molar-refractivity contribution in [2.75, 3.05) is 20.3 Å². The predicted molar refractivity (Wildman–Crippen MR) is 112 cm³/mol. The number of benzene rings is 2. The highest BCUT2D eigenvalue weighted by atomic mass is 16.5. The van der Waals surface area contributed by atoms with Gasteiger partial charge in [0.25, 0.3) is 5.91 Å². The molecule has 1 amide bonds. The number of carbonyl (C=O) groups is 3. The number of esters is 1. The summed E-state index contributed by atoms with van der Waals surface area (Å²) < 4.78 is 10.4. The molecule has 0 bridgehead atoms. The number of amides is 1. The van der Waals surface area contributed by atoms with Crippen LogP contribution in [0.15, 0.2) is 53.5 Å². The normalized spacial score (nSPS) is 19.5. The molecule has 2 unspecified atom stereocenters. The van der Waals surface area contributed by atoms with Crippen LogP contribution in [-0.2, 0) is 24.5 Å². The Morgan fingerprint density at radius 1 is 1.20 bits per heavy atom. The van der Waals surface area contributed by atoms with Crippen LogP contribution in [-0.4, -0.2) is 55.6 Å². The average molecular weight is 408 g/mol. The number of aldehydes is 1. The van der Waals surface area contributed by atoms with Crippen LogP contribution in [0, 0.1) is 0 Å². The van der Waals surface area contributed by atoms with Gasteiger partial charge in [-0.05, 0) is 43.2 Å². The predicted octanol–water partition coefficient (Wildman–Crippen LogP) is 2.68. The van der Waals surface area contributed by atoms with Crippen molar-refractivity contribution in [2.24, 2.45) is 4.99 Å². The fourth-order valence-electron chi connectivity index (χ4n) is 3.86. The van der Waals surface area contributed by atoms with Crippen LogP contribution < -0.4 is 4.74 Å². The van der Waals surface area contributed by atoms with E-state index in [0.29, 0.717) is 5.75 Å². The van der Waals surface area contributed by atoms with Crippen molar-refractivity contribution in [2.45, 2.75) is 25.3 Å². The topological polar surface area (TPSA) is 85.3 Å². The number of aliphatic imine (C=N–C) groups is 1. The van der Waals surface area contributed by atoms with Gasteiger partial charge < -0.3 is 14.4 Å². The number of methoxy groups -OCH3 is 1. The molecule has 3 rings (SSSR count). The molecule has 156 valence electrons. The fourth-order valence-corrected chi connectivity index (χ4v) is 3.86. The van der Waals surface area contributed by atoms with Gasteiger partial charge in [0.05, 0.1) is 25.4 Å². The third kappa shape index (κ3) is 3.83. The second-order valence-corrected chi connectivity index (χ2v) is 7.06. The van der Waals surface area contributed by atoms with E-state index in [9.17, 15) is 14.4 Å². The first kappa shape index (κ1) is 21.2. The molecule has 0 fully saturated rings. The number of hydrogen-bond donors (Lipinski definition) is 0. The van der Waals surface area contributed by atoms with E-state index in [1.165, 1.54) is 4.90 Å². The van der Waals surface area contributed by atoms with E-state index in [4.69, 9.17) is 9.47 Å². The second kappa shape index (κ2) is 8.90. The van der Waals surface area contributed by atoms with E-state index in [-0.39, 0.29) is 19.4 Å². The van der Waals surface area contributed by atoms with Crippen LogP contribution >= 0.6 is 0 Å². The molecule has 0 aliphatic carbocycles. The van der Waals surface area contributed by atoms with Gasteiger partial charge in [0.15, 0.2) is 0 Å². The molecule has 0 saturated carbocycles. The van der Waals surface area contributed by atoms with Crippen molar-refractivity contribution in [3.8, 4) is 5.75 Å². The highest BCUT2D eigenvalue weighted by Crippen LogP contribution is 2.45. The van der Waals surface area contributed by atoms with Crippen LogP contribution in [0.1, 0.15) is 25.0 Å². The van der Waals surface area contributed by atoms with Crippen LogP contribution in [0.2, 0.25) is 0 Å². The Morgan fingerprint density at radius 3 is 2.57 bits per heavy atom. The molecule has 2 atom stereocenters. The molecule has 2 aromatic carbocycles. The van der Waals surface area contributed by atoms with Gasteiger partial charge in [-0.3, -0.25) is 19.4 Å². The van der Waals surface area contributed by atoms with E-state index in [2.05, 4.69) is 4.99 Å². The Morgan fingerprint density at radius 2 is 1.93 bits per heavy atom. The molecular formula is C23H24N2O5. The monoisotopic (exact) mass is 408 g/mol. The van der Waals surface area contributed by atoms with Gasteiger partial charge in [-0.25, -0.2) is 0 Å². The summed E-state index contributed by atoms with van der Waals surface area (Å²) in [6.45, 7) is 3.47. The summed E-state index contributed by atoms with van der Waals surface area (Å²) in [6.07, 6.45) is 1.82. The summed E-state index contributed by atoms with van der Waals surface area (Å²) in [5.41, 5.74) is 1.67. The highest BCUT2D eigenvalue weighted by Gasteiger charge is 2.46. The van der Waals surface area contributed by atoms with E-state index in [1.807, 2.05) is 55.5 Å². The van der Waals surface area contributed by atoms with Crippen molar-refractivity contribution in [3.63, 3.8) is 0 Å². The quantitative estimate of drug-likeness (QED) is 0.399. The van der Waals surface area contributed by atoms with Crippen LogP contribution in [0.4, 0.5) is 5.69 Å². The summed E-state index contributed by atoms with van der Waals surface area (Å²) in [7, 11) is 1.58. The van der Waals surface area contributed by atoms with Crippen molar-refractivity contribution in [1.82, 2.24) is 4.90 Å². The van der Waals surface area contributed by atoms with Gasteiger partial charge >= 0.3 is 5.97 Å². The molecule has 0 spiro atoms. The maximum atomic E-state index is 12.6. The van der Waals surface area contributed by atoms with Gasteiger partial charge in [-0.2, -0.15) is 0 Å². The maximum absolute atomic E-state index is 12.6. The Balaban J connectivity index is 2.19. The molecule has 1 heterocycles. The number of ether oxygens (including phenoxy) is 2. The lowest BCUT2D eigenvalue weighted by Gasteiger charge is -2.44. The van der Waals surface area contributed by atoms with Gasteiger partial charge in [0.1, 0.15) is 12.3 Å². The molecule has 7 heteroatoms. The van der Waals surface area contributed by atoms with Gasteiger partial charge in [-0.1, -0.05) is 30.3 Å². The zero-order valence-corrected chi connectivity index (χ0v) is 17.2. The molecular weight excluding hydrogens is 384 g/mol. The summed E-state index contributed by atoms with van der Waals surface area (Å²) >= 11 is 0.